The van der Waals surface area contributed by atoms with E-state index >= 15 is 0 Å². The Labute approximate surface area is 119 Å². The third kappa shape index (κ3) is 4.37. The molecule has 2 aromatic rings. The summed E-state index contributed by atoms with van der Waals surface area (Å²) in [6.07, 6.45) is 1.15. The fourth-order valence-electron chi connectivity index (χ4n) is 2.10. The highest BCUT2D eigenvalue weighted by atomic mass is 32.1. The molecule has 1 atom stereocenters. The number of hydrogen-bond donors (Lipinski definition) is 2. The van der Waals surface area contributed by atoms with E-state index in [1.54, 1.807) is 0 Å². The zero-order valence-electron chi connectivity index (χ0n) is 11.6. The van der Waals surface area contributed by atoms with E-state index in [1.807, 2.05) is 23.5 Å². The summed E-state index contributed by atoms with van der Waals surface area (Å²) in [5.41, 5.74) is 7.90. The van der Waals surface area contributed by atoms with Crippen molar-refractivity contribution in [2.75, 3.05) is 12.3 Å². The number of hydrogen-bond acceptors (Lipinski definition) is 3. The van der Waals surface area contributed by atoms with Gasteiger partial charge in [-0.3, -0.25) is 0 Å². The molecule has 2 nitrogen and oxygen atoms in total. The van der Waals surface area contributed by atoms with Crippen molar-refractivity contribution in [2.45, 2.75) is 32.7 Å². The van der Waals surface area contributed by atoms with E-state index in [0.29, 0.717) is 5.92 Å². The Kier molecular flexibility index (Phi) is 5.00. The highest BCUT2D eigenvalue weighted by molar-refractivity contribution is 7.11. The van der Waals surface area contributed by atoms with Gasteiger partial charge in [0.25, 0.3) is 0 Å². The number of nitrogen functional groups attached to an aromatic ring is 1. The third-order valence-corrected chi connectivity index (χ3v) is 4.36. The molecule has 0 aliphatic carbocycles. The van der Waals surface area contributed by atoms with Crippen molar-refractivity contribution >= 4 is 17.0 Å². The molecule has 0 saturated heterocycles. The minimum absolute atomic E-state index is 0.568. The predicted octanol–water partition coefficient (Wildman–Crippen LogP) is 3.92. The van der Waals surface area contributed by atoms with Crippen molar-refractivity contribution in [3.8, 4) is 0 Å². The largest absolute Gasteiger partial charge is 0.399 e. The molecule has 1 unspecified atom stereocenters. The Morgan fingerprint density at radius 2 is 1.89 bits per heavy atom. The first kappa shape index (κ1) is 14.1. The average molecular weight is 274 g/mol. The molecule has 3 heteroatoms. The van der Waals surface area contributed by atoms with E-state index in [1.165, 1.54) is 15.3 Å². The van der Waals surface area contributed by atoms with E-state index in [9.17, 15) is 0 Å². The summed E-state index contributed by atoms with van der Waals surface area (Å²) in [7, 11) is 0. The fraction of sp³-hybridized carbons (Fsp3) is 0.375. The Morgan fingerprint density at radius 3 is 2.53 bits per heavy atom. The average Bonchev–Trinajstić information content (AvgIpc) is 2.81. The van der Waals surface area contributed by atoms with Crippen LogP contribution in [-0.2, 0) is 6.54 Å². The van der Waals surface area contributed by atoms with Gasteiger partial charge in [0.15, 0.2) is 0 Å². The van der Waals surface area contributed by atoms with Crippen molar-refractivity contribution in [1.29, 1.82) is 0 Å². The molecule has 3 N–H and O–H groups in total. The molecule has 0 amide bonds. The van der Waals surface area contributed by atoms with E-state index in [0.717, 1.165) is 25.2 Å². The number of nitrogens with two attached hydrogens (primary N) is 1. The monoisotopic (exact) mass is 274 g/mol. The van der Waals surface area contributed by atoms with Gasteiger partial charge in [-0.05, 0) is 55.6 Å². The van der Waals surface area contributed by atoms with Gasteiger partial charge in [-0.2, -0.15) is 0 Å². The van der Waals surface area contributed by atoms with E-state index in [4.69, 9.17) is 5.73 Å². The van der Waals surface area contributed by atoms with Crippen LogP contribution in [-0.4, -0.2) is 6.54 Å². The van der Waals surface area contributed by atoms with Crippen LogP contribution >= 0.6 is 11.3 Å². The van der Waals surface area contributed by atoms with Gasteiger partial charge in [0.2, 0.25) is 0 Å². The minimum Gasteiger partial charge on any atom is -0.399 e. The van der Waals surface area contributed by atoms with E-state index in [2.05, 4.69) is 43.4 Å². The fourth-order valence-corrected chi connectivity index (χ4v) is 2.96. The Balaban J connectivity index is 1.72. The van der Waals surface area contributed by atoms with Crippen LogP contribution in [0.2, 0.25) is 0 Å². The first-order valence-electron chi connectivity index (χ1n) is 6.76. The summed E-state index contributed by atoms with van der Waals surface area (Å²) < 4.78 is 0. The summed E-state index contributed by atoms with van der Waals surface area (Å²) in [6.45, 7) is 6.44. The lowest BCUT2D eigenvalue weighted by atomic mass is 9.98. The van der Waals surface area contributed by atoms with Gasteiger partial charge in [0, 0.05) is 22.0 Å². The van der Waals surface area contributed by atoms with Gasteiger partial charge >= 0.3 is 0 Å². The Bertz CT molecular complexity index is 502. The molecule has 1 heterocycles. The molecule has 0 spiro atoms. The van der Waals surface area contributed by atoms with Crippen LogP contribution in [0.1, 0.15) is 34.6 Å². The Hall–Kier alpha value is -1.32. The van der Waals surface area contributed by atoms with E-state index in [-0.39, 0.29) is 0 Å². The number of rotatable bonds is 6. The summed E-state index contributed by atoms with van der Waals surface area (Å²) in [5.74, 6) is 0.568. The van der Waals surface area contributed by atoms with Crippen LogP contribution in [0.25, 0.3) is 0 Å². The number of thiophene rings is 1. The molecule has 102 valence electrons. The topological polar surface area (TPSA) is 38.0 Å². The molecule has 0 bridgehead atoms. The predicted molar refractivity (Wildman–Crippen MR) is 84.6 cm³/mol. The zero-order valence-corrected chi connectivity index (χ0v) is 12.5. The minimum atomic E-state index is 0.568. The van der Waals surface area contributed by atoms with Crippen LogP contribution < -0.4 is 11.1 Å². The van der Waals surface area contributed by atoms with Gasteiger partial charge in [0.05, 0.1) is 0 Å². The molecule has 0 radical (unpaired) electrons. The quantitative estimate of drug-likeness (QED) is 0.619. The van der Waals surface area contributed by atoms with Crippen molar-refractivity contribution in [1.82, 2.24) is 5.32 Å². The molecule has 0 aliphatic heterocycles. The van der Waals surface area contributed by atoms with Gasteiger partial charge in [-0.15, -0.1) is 11.3 Å². The van der Waals surface area contributed by atoms with Crippen LogP contribution in [0, 0.1) is 6.92 Å². The summed E-state index contributed by atoms with van der Waals surface area (Å²) >= 11 is 1.87. The highest BCUT2D eigenvalue weighted by Gasteiger charge is 2.05. The van der Waals surface area contributed by atoms with E-state index < -0.39 is 0 Å². The summed E-state index contributed by atoms with van der Waals surface area (Å²) in [4.78, 5) is 2.80. The molecule has 0 saturated carbocycles. The van der Waals surface area contributed by atoms with Crippen molar-refractivity contribution < 1.29 is 0 Å². The lowest BCUT2D eigenvalue weighted by molar-refractivity contribution is 0.597. The maximum absolute atomic E-state index is 5.70. The standard InChI is InChI=1S/C16H22N2S/c1-12(14-4-6-15(17)7-5-14)9-10-18-11-16-8-3-13(2)19-16/h3-8,12,18H,9-11,17H2,1-2H3. The zero-order chi connectivity index (χ0) is 13.7. The Morgan fingerprint density at radius 1 is 1.16 bits per heavy atom. The van der Waals surface area contributed by atoms with Crippen LogP contribution in [0.5, 0.6) is 0 Å². The second-order valence-electron chi connectivity index (χ2n) is 5.05. The maximum atomic E-state index is 5.70. The van der Waals surface area contributed by atoms with Gasteiger partial charge in [-0.1, -0.05) is 19.1 Å². The molecule has 0 aliphatic rings. The first-order valence-corrected chi connectivity index (χ1v) is 7.58. The smallest absolute Gasteiger partial charge is 0.0314 e. The number of aryl methyl sites for hydroxylation is 1. The van der Waals surface area contributed by atoms with Crippen molar-refractivity contribution in [3.63, 3.8) is 0 Å². The number of nitrogens with one attached hydrogen (secondary N) is 1. The number of benzene rings is 1. The summed E-state index contributed by atoms with van der Waals surface area (Å²) in [6, 6.07) is 12.6. The highest BCUT2D eigenvalue weighted by Crippen LogP contribution is 2.20. The van der Waals surface area contributed by atoms with Crippen LogP contribution in [0.15, 0.2) is 36.4 Å². The van der Waals surface area contributed by atoms with Crippen LogP contribution in [0.3, 0.4) is 0 Å². The molecule has 2 rings (SSSR count). The second-order valence-corrected chi connectivity index (χ2v) is 6.42. The second kappa shape index (κ2) is 6.73. The van der Waals surface area contributed by atoms with Gasteiger partial charge < -0.3 is 11.1 Å². The normalized spacial score (nSPS) is 12.5. The molecular weight excluding hydrogens is 252 g/mol. The third-order valence-electron chi connectivity index (χ3n) is 3.35. The SMILES string of the molecule is Cc1ccc(CNCCC(C)c2ccc(N)cc2)s1. The first-order chi connectivity index (χ1) is 9.15. The summed E-state index contributed by atoms with van der Waals surface area (Å²) in [5, 5.41) is 3.51. The molecule has 19 heavy (non-hydrogen) atoms. The lowest BCUT2D eigenvalue weighted by Crippen LogP contribution is -2.15. The molecule has 0 fully saturated rings. The van der Waals surface area contributed by atoms with Gasteiger partial charge in [0.1, 0.15) is 0 Å². The van der Waals surface area contributed by atoms with Crippen molar-refractivity contribution in [3.05, 3.63) is 51.7 Å². The molecule has 1 aromatic heterocycles. The molecular formula is C16H22N2S. The lowest BCUT2D eigenvalue weighted by Gasteiger charge is -2.12. The van der Waals surface area contributed by atoms with Gasteiger partial charge in [-0.25, -0.2) is 0 Å². The number of anilines is 1. The van der Waals surface area contributed by atoms with Crippen LogP contribution in [0.4, 0.5) is 5.69 Å². The van der Waals surface area contributed by atoms with Crippen molar-refractivity contribution in [2.24, 2.45) is 0 Å². The maximum Gasteiger partial charge on any atom is 0.0314 e. The molecule has 1 aromatic carbocycles.